The summed E-state index contributed by atoms with van der Waals surface area (Å²) < 4.78 is 5.52. The van der Waals surface area contributed by atoms with Gasteiger partial charge in [0.2, 0.25) is 0 Å². The van der Waals surface area contributed by atoms with Crippen LogP contribution in [0.3, 0.4) is 0 Å². The van der Waals surface area contributed by atoms with Gasteiger partial charge in [0.25, 0.3) is 0 Å². The maximum absolute atomic E-state index is 5.52. The summed E-state index contributed by atoms with van der Waals surface area (Å²) in [6.45, 7) is 3.53. The summed E-state index contributed by atoms with van der Waals surface area (Å²) >= 11 is 1.73. The summed E-state index contributed by atoms with van der Waals surface area (Å²) in [5.41, 5.74) is 0. The molecule has 2 N–H and O–H groups in total. The molecule has 0 radical (unpaired) electrons. The number of hydrogen-bond donors (Lipinski definition) is 2. The molecule has 0 aromatic carbocycles. The maximum Gasteiger partial charge on any atom is 0.191 e. The van der Waals surface area contributed by atoms with E-state index >= 15 is 0 Å². The molecule has 0 aliphatic carbocycles. The van der Waals surface area contributed by atoms with Crippen molar-refractivity contribution in [3.05, 3.63) is 40.2 Å². The molecule has 126 valence electrons. The van der Waals surface area contributed by atoms with E-state index in [1.54, 1.807) is 24.6 Å². The average molecular weight is 335 g/mol. The number of aromatic nitrogens is 1. The standard InChI is InChI=1S/C16H25N5OS/c1-5-12-9-18-15(23-12)11-20-16(17-2)19-10-13(21(3)4)14-7-6-8-22-14/h6-9,13H,5,10-11H2,1-4H3,(H2,17,19,20). The summed E-state index contributed by atoms with van der Waals surface area (Å²) in [4.78, 5) is 12.1. The Bertz CT molecular complexity index is 606. The van der Waals surface area contributed by atoms with Crippen molar-refractivity contribution < 1.29 is 4.42 Å². The lowest BCUT2D eigenvalue weighted by molar-refractivity contribution is 0.258. The third kappa shape index (κ3) is 5.07. The van der Waals surface area contributed by atoms with Gasteiger partial charge in [-0.05, 0) is 32.6 Å². The summed E-state index contributed by atoms with van der Waals surface area (Å²) in [5.74, 6) is 1.70. The minimum absolute atomic E-state index is 0.148. The molecular formula is C16H25N5OS. The van der Waals surface area contributed by atoms with E-state index in [-0.39, 0.29) is 6.04 Å². The number of thiazole rings is 1. The van der Waals surface area contributed by atoms with E-state index in [1.807, 2.05) is 32.4 Å². The number of guanidine groups is 1. The topological polar surface area (TPSA) is 65.7 Å². The van der Waals surface area contributed by atoms with E-state index in [0.717, 1.165) is 23.1 Å². The zero-order chi connectivity index (χ0) is 16.7. The minimum Gasteiger partial charge on any atom is -0.468 e. The first kappa shape index (κ1) is 17.5. The molecule has 2 rings (SSSR count). The molecule has 0 spiro atoms. The number of rotatable bonds is 7. The van der Waals surface area contributed by atoms with Crippen molar-refractivity contribution in [1.82, 2.24) is 20.5 Å². The lowest BCUT2D eigenvalue weighted by Crippen LogP contribution is -2.41. The molecule has 0 saturated carbocycles. The Hall–Kier alpha value is -1.86. The Kier molecular flexibility index (Phi) is 6.61. The van der Waals surface area contributed by atoms with Crippen molar-refractivity contribution in [2.45, 2.75) is 25.9 Å². The number of hydrogen-bond acceptors (Lipinski definition) is 5. The van der Waals surface area contributed by atoms with Gasteiger partial charge in [-0.15, -0.1) is 11.3 Å². The lowest BCUT2D eigenvalue weighted by Gasteiger charge is -2.23. The Labute approximate surface area is 141 Å². The Morgan fingerprint density at radius 1 is 1.43 bits per heavy atom. The fourth-order valence-corrected chi connectivity index (χ4v) is 2.99. The van der Waals surface area contributed by atoms with Gasteiger partial charge < -0.3 is 15.1 Å². The average Bonchev–Trinajstić information content (AvgIpc) is 3.21. The van der Waals surface area contributed by atoms with E-state index in [2.05, 4.69) is 32.4 Å². The minimum atomic E-state index is 0.148. The van der Waals surface area contributed by atoms with Crippen LogP contribution in [0.1, 0.15) is 28.6 Å². The quantitative estimate of drug-likeness (QED) is 0.600. The predicted molar refractivity (Wildman–Crippen MR) is 94.8 cm³/mol. The third-order valence-electron chi connectivity index (χ3n) is 3.54. The molecule has 0 aliphatic heterocycles. The molecule has 2 heterocycles. The second-order valence-corrected chi connectivity index (χ2v) is 6.58. The van der Waals surface area contributed by atoms with Gasteiger partial charge in [0.05, 0.1) is 18.8 Å². The SMILES string of the molecule is CCc1cnc(CNC(=NC)NCC(c2ccco2)N(C)C)s1. The fraction of sp³-hybridized carbons (Fsp3) is 0.500. The molecular weight excluding hydrogens is 310 g/mol. The van der Waals surface area contributed by atoms with Gasteiger partial charge in [0, 0.05) is 24.7 Å². The molecule has 0 saturated heterocycles. The summed E-state index contributed by atoms with van der Waals surface area (Å²) in [6.07, 6.45) is 4.67. The molecule has 7 heteroatoms. The zero-order valence-corrected chi connectivity index (χ0v) is 15.0. The van der Waals surface area contributed by atoms with E-state index < -0.39 is 0 Å². The van der Waals surface area contributed by atoms with Crippen LogP contribution < -0.4 is 10.6 Å². The van der Waals surface area contributed by atoms with Crippen molar-refractivity contribution in [3.63, 3.8) is 0 Å². The number of furan rings is 1. The fourth-order valence-electron chi connectivity index (χ4n) is 2.19. The smallest absolute Gasteiger partial charge is 0.191 e. The molecule has 0 amide bonds. The number of aryl methyl sites for hydroxylation is 1. The van der Waals surface area contributed by atoms with Gasteiger partial charge in [-0.1, -0.05) is 6.92 Å². The Morgan fingerprint density at radius 3 is 2.83 bits per heavy atom. The van der Waals surface area contributed by atoms with Gasteiger partial charge in [0.15, 0.2) is 5.96 Å². The highest BCUT2D eigenvalue weighted by Gasteiger charge is 2.17. The van der Waals surface area contributed by atoms with Gasteiger partial charge >= 0.3 is 0 Å². The van der Waals surface area contributed by atoms with Gasteiger partial charge in [-0.25, -0.2) is 4.98 Å². The van der Waals surface area contributed by atoms with Crippen LogP contribution in [0.4, 0.5) is 0 Å². The Balaban J connectivity index is 1.86. The molecule has 2 aromatic heterocycles. The van der Waals surface area contributed by atoms with Crippen molar-refractivity contribution in [2.24, 2.45) is 4.99 Å². The predicted octanol–water partition coefficient (Wildman–Crippen LogP) is 2.27. The third-order valence-corrected chi connectivity index (χ3v) is 4.68. The maximum atomic E-state index is 5.52. The Morgan fingerprint density at radius 2 is 2.26 bits per heavy atom. The molecule has 1 atom stereocenters. The van der Waals surface area contributed by atoms with Crippen LogP contribution in [-0.2, 0) is 13.0 Å². The van der Waals surface area contributed by atoms with Gasteiger partial charge in [0.1, 0.15) is 10.8 Å². The molecule has 2 aromatic rings. The van der Waals surface area contributed by atoms with Crippen LogP contribution >= 0.6 is 11.3 Å². The van der Waals surface area contributed by atoms with Gasteiger partial charge in [-0.2, -0.15) is 0 Å². The lowest BCUT2D eigenvalue weighted by atomic mass is 10.2. The van der Waals surface area contributed by atoms with E-state index in [4.69, 9.17) is 4.42 Å². The van der Waals surface area contributed by atoms with Crippen molar-refractivity contribution in [3.8, 4) is 0 Å². The molecule has 0 aliphatic rings. The van der Waals surface area contributed by atoms with Crippen LogP contribution in [0.15, 0.2) is 34.0 Å². The molecule has 6 nitrogen and oxygen atoms in total. The van der Waals surface area contributed by atoms with Crippen LogP contribution in [0.5, 0.6) is 0 Å². The molecule has 0 fully saturated rings. The van der Waals surface area contributed by atoms with Crippen LogP contribution in [0.2, 0.25) is 0 Å². The van der Waals surface area contributed by atoms with Crippen LogP contribution in [0, 0.1) is 0 Å². The van der Waals surface area contributed by atoms with Crippen LogP contribution in [0.25, 0.3) is 0 Å². The highest BCUT2D eigenvalue weighted by molar-refractivity contribution is 7.11. The monoisotopic (exact) mass is 335 g/mol. The number of nitrogens with zero attached hydrogens (tertiary/aromatic N) is 3. The number of likely N-dealkylation sites (N-methyl/N-ethyl adjacent to an activating group) is 1. The zero-order valence-electron chi connectivity index (χ0n) is 14.2. The van der Waals surface area contributed by atoms with E-state index in [9.17, 15) is 0 Å². The van der Waals surface area contributed by atoms with Crippen molar-refractivity contribution >= 4 is 17.3 Å². The first-order valence-corrected chi connectivity index (χ1v) is 8.53. The van der Waals surface area contributed by atoms with Crippen molar-refractivity contribution in [2.75, 3.05) is 27.7 Å². The number of nitrogens with one attached hydrogen (secondary N) is 2. The molecule has 1 unspecified atom stereocenters. The largest absolute Gasteiger partial charge is 0.468 e. The normalized spacial score (nSPS) is 13.3. The summed E-state index contributed by atoms with van der Waals surface area (Å²) in [5, 5.41) is 7.71. The van der Waals surface area contributed by atoms with E-state index in [1.165, 1.54) is 4.88 Å². The van der Waals surface area contributed by atoms with Crippen LogP contribution in [-0.4, -0.2) is 43.5 Å². The second kappa shape index (κ2) is 8.69. The first-order valence-electron chi connectivity index (χ1n) is 7.72. The summed E-state index contributed by atoms with van der Waals surface area (Å²) in [7, 11) is 5.84. The summed E-state index contributed by atoms with van der Waals surface area (Å²) in [6, 6.07) is 4.05. The molecule has 0 bridgehead atoms. The van der Waals surface area contributed by atoms with Gasteiger partial charge in [-0.3, -0.25) is 9.89 Å². The van der Waals surface area contributed by atoms with Crippen molar-refractivity contribution in [1.29, 1.82) is 0 Å². The van der Waals surface area contributed by atoms with E-state index in [0.29, 0.717) is 13.1 Å². The highest BCUT2D eigenvalue weighted by atomic mass is 32.1. The molecule has 23 heavy (non-hydrogen) atoms. The highest BCUT2D eigenvalue weighted by Crippen LogP contribution is 2.17. The first-order chi connectivity index (χ1) is 11.1. The second-order valence-electron chi connectivity index (χ2n) is 5.38. The number of aliphatic imine (C=N–C) groups is 1.